The van der Waals surface area contributed by atoms with Crippen LogP contribution in [0.3, 0.4) is 0 Å². The zero-order valence-corrected chi connectivity index (χ0v) is 16.9. The van der Waals surface area contributed by atoms with Gasteiger partial charge in [-0.25, -0.2) is 8.42 Å². The van der Waals surface area contributed by atoms with Crippen molar-refractivity contribution in [1.82, 2.24) is 0 Å². The van der Waals surface area contributed by atoms with Crippen LogP contribution in [0.1, 0.15) is 38.7 Å². The topological polar surface area (TPSA) is 87.3 Å². The Labute approximate surface area is 161 Å². The maximum atomic E-state index is 12.6. The summed E-state index contributed by atoms with van der Waals surface area (Å²) in [6, 6.07) is 14.1. The van der Waals surface area contributed by atoms with Gasteiger partial charge in [0.1, 0.15) is 6.04 Å². The van der Waals surface area contributed by atoms with Crippen molar-refractivity contribution in [3.63, 3.8) is 0 Å². The van der Waals surface area contributed by atoms with E-state index < -0.39 is 16.1 Å². The summed E-state index contributed by atoms with van der Waals surface area (Å²) >= 11 is 0. The predicted molar refractivity (Wildman–Crippen MR) is 112 cm³/mol. The molecule has 0 spiro atoms. The number of para-hydroxylation sites is 1. The monoisotopic (exact) mass is 389 g/mol. The first-order chi connectivity index (χ1) is 12.7. The molecule has 0 bridgehead atoms. The molecule has 0 saturated heterocycles. The Bertz CT molecular complexity index is 897. The number of carbonyl (C=O) groups excluding carboxylic acids is 1. The van der Waals surface area contributed by atoms with Gasteiger partial charge < -0.3 is 10.6 Å². The van der Waals surface area contributed by atoms with Crippen LogP contribution in [-0.4, -0.2) is 26.6 Å². The molecule has 0 heterocycles. The molecule has 0 fully saturated rings. The highest BCUT2D eigenvalue weighted by Crippen LogP contribution is 2.26. The Morgan fingerprint density at radius 3 is 2.37 bits per heavy atom. The highest BCUT2D eigenvalue weighted by Gasteiger charge is 2.16. The van der Waals surface area contributed by atoms with E-state index in [9.17, 15) is 13.2 Å². The Hall–Kier alpha value is -2.54. The van der Waals surface area contributed by atoms with E-state index in [-0.39, 0.29) is 5.91 Å². The number of benzene rings is 2. The number of rotatable bonds is 8. The summed E-state index contributed by atoms with van der Waals surface area (Å²) in [6.45, 7) is 6.01. The smallest absolute Gasteiger partial charge is 0.246 e. The second kappa shape index (κ2) is 8.90. The van der Waals surface area contributed by atoms with Crippen molar-refractivity contribution >= 4 is 33.0 Å². The molecule has 0 aromatic heterocycles. The van der Waals surface area contributed by atoms with Crippen LogP contribution in [0.25, 0.3) is 0 Å². The number of anilines is 3. The van der Waals surface area contributed by atoms with E-state index in [0.29, 0.717) is 17.3 Å². The molecule has 27 heavy (non-hydrogen) atoms. The third-order valence-corrected chi connectivity index (χ3v) is 4.91. The average molecular weight is 390 g/mol. The third kappa shape index (κ3) is 6.29. The summed E-state index contributed by atoms with van der Waals surface area (Å²) in [5.74, 6) is 0.191. The van der Waals surface area contributed by atoms with Crippen LogP contribution in [-0.2, 0) is 14.8 Å². The fourth-order valence-corrected chi connectivity index (χ4v) is 3.26. The minimum atomic E-state index is -3.35. The van der Waals surface area contributed by atoms with E-state index in [2.05, 4.69) is 29.2 Å². The maximum absolute atomic E-state index is 12.6. The molecule has 0 saturated carbocycles. The van der Waals surface area contributed by atoms with Gasteiger partial charge in [0.15, 0.2) is 0 Å². The zero-order chi connectivity index (χ0) is 20.0. The van der Waals surface area contributed by atoms with Crippen LogP contribution >= 0.6 is 0 Å². The quantitative estimate of drug-likeness (QED) is 0.636. The molecule has 0 radical (unpaired) electrons. The molecular weight excluding hydrogens is 362 g/mol. The lowest BCUT2D eigenvalue weighted by molar-refractivity contribution is -0.116. The fraction of sp³-hybridized carbons (Fsp3) is 0.350. The molecule has 7 heteroatoms. The number of hydrogen-bond acceptors (Lipinski definition) is 4. The number of carbonyl (C=O) groups is 1. The van der Waals surface area contributed by atoms with Crippen molar-refractivity contribution in [2.45, 2.75) is 39.2 Å². The maximum Gasteiger partial charge on any atom is 0.246 e. The highest BCUT2D eigenvalue weighted by atomic mass is 32.2. The Kier molecular flexibility index (Phi) is 6.85. The van der Waals surface area contributed by atoms with Crippen molar-refractivity contribution in [1.29, 1.82) is 0 Å². The standard InChI is InChI=1S/C20H27N3O3S/c1-5-14(2)18-11-6-7-12-19(18)22-20(24)15(3)21-16-9-8-10-17(13-16)23-27(4,25)26/h6-15,21,23H,5H2,1-4H3,(H,22,24)/t14-,15+/m0/s1. The van der Waals surface area contributed by atoms with Gasteiger partial charge in [-0.05, 0) is 49.1 Å². The van der Waals surface area contributed by atoms with E-state index in [1.807, 2.05) is 24.3 Å². The third-order valence-electron chi connectivity index (χ3n) is 4.30. The van der Waals surface area contributed by atoms with E-state index >= 15 is 0 Å². The molecule has 0 unspecified atom stereocenters. The van der Waals surface area contributed by atoms with Crippen molar-refractivity contribution in [3.05, 3.63) is 54.1 Å². The van der Waals surface area contributed by atoms with Crippen LogP contribution in [0.4, 0.5) is 17.1 Å². The van der Waals surface area contributed by atoms with E-state index in [1.165, 1.54) is 0 Å². The molecular formula is C20H27N3O3S. The van der Waals surface area contributed by atoms with Gasteiger partial charge in [0.2, 0.25) is 15.9 Å². The summed E-state index contributed by atoms with van der Waals surface area (Å²) < 4.78 is 25.1. The van der Waals surface area contributed by atoms with E-state index in [0.717, 1.165) is 23.9 Å². The summed E-state index contributed by atoms with van der Waals surface area (Å²) in [6.07, 6.45) is 2.08. The second-order valence-corrected chi connectivity index (χ2v) is 8.46. The summed E-state index contributed by atoms with van der Waals surface area (Å²) in [7, 11) is -3.35. The van der Waals surface area contributed by atoms with E-state index in [4.69, 9.17) is 0 Å². The van der Waals surface area contributed by atoms with Crippen molar-refractivity contribution in [2.75, 3.05) is 21.6 Å². The Balaban J connectivity index is 2.08. The van der Waals surface area contributed by atoms with Crippen LogP contribution in [0.15, 0.2) is 48.5 Å². The van der Waals surface area contributed by atoms with Crippen molar-refractivity contribution in [2.24, 2.45) is 0 Å². The molecule has 0 aliphatic heterocycles. The molecule has 6 nitrogen and oxygen atoms in total. The molecule has 0 aliphatic carbocycles. The van der Waals surface area contributed by atoms with Gasteiger partial charge in [-0.15, -0.1) is 0 Å². The molecule has 146 valence electrons. The van der Waals surface area contributed by atoms with Crippen LogP contribution in [0.5, 0.6) is 0 Å². The molecule has 0 aliphatic rings. The Morgan fingerprint density at radius 1 is 1.04 bits per heavy atom. The summed E-state index contributed by atoms with van der Waals surface area (Å²) in [4.78, 5) is 12.6. The van der Waals surface area contributed by atoms with Gasteiger partial charge in [-0.3, -0.25) is 9.52 Å². The predicted octanol–water partition coefficient (Wildman–Crippen LogP) is 4.01. The lowest BCUT2D eigenvalue weighted by Crippen LogP contribution is -2.32. The van der Waals surface area contributed by atoms with Gasteiger partial charge in [-0.1, -0.05) is 38.1 Å². The van der Waals surface area contributed by atoms with E-state index in [1.54, 1.807) is 31.2 Å². The zero-order valence-electron chi connectivity index (χ0n) is 16.1. The van der Waals surface area contributed by atoms with Crippen molar-refractivity contribution < 1.29 is 13.2 Å². The van der Waals surface area contributed by atoms with Gasteiger partial charge in [-0.2, -0.15) is 0 Å². The molecule has 2 aromatic rings. The summed E-state index contributed by atoms with van der Waals surface area (Å²) in [5, 5.41) is 6.09. The molecule has 2 atom stereocenters. The normalized spacial score (nSPS) is 13.5. The molecule has 3 N–H and O–H groups in total. The van der Waals surface area contributed by atoms with Gasteiger partial charge in [0.05, 0.1) is 11.9 Å². The Morgan fingerprint density at radius 2 is 1.70 bits per heavy atom. The highest BCUT2D eigenvalue weighted by molar-refractivity contribution is 7.92. The van der Waals surface area contributed by atoms with Crippen LogP contribution in [0.2, 0.25) is 0 Å². The number of nitrogens with one attached hydrogen (secondary N) is 3. The number of sulfonamides is 1. The minimum Gasteiger partial charge on any atom is -0.374 e. The van der Waals surface area contributed by atoms with Crippen LogP contribution in [0, 0.1) is 0 Å². The lowest BCUT2D eigenvalue weighted by Gasteiger charge is -2.19. The van der Waals surface area contributed by atoms with Gasteiger partial charge >= 0.3 is 0 Å². The lowest BCUT2D eigenvalue weighted by atomic mass is 9.97. The fourth-order valence-electron chi connectivity index (χ4n) is 2.70. The first-order valence-electron chi connectivity index (χ1n) is 8.93. The largest absolute Gasteiger partial charge is 0.374 e. The minimum absolute atomic E-state index is 0.160. The SMILES string of the molecule is CC[C@H](C)c1ccccc1NC(=O)[C@@H](C)Nc1cccc(NS(C)(=O)=O)c1. The first kappa shape index (κ1) is 20.8. The molecule has 2 rings (SSSR count). The number of hydrogen-bond donors (Lipinski definition) is 3. The second-order valence-electron chi connectivity index (χ2n) is 6.71. The van der Waals surface area contributed by atoms with Crippen molar-refractivity contribution in [3.8, 4) is 0 Å². The molecule has 1 amide bonds. The number of amides is 1. The first-order valence-corrected chi connectivity index (χ1v) is 10.8. The van der Waals surface area contributed by atoms with Gasteiger partial charge in [0.25, 0.3) is 0 Å². The van der Waals surface area contributed by atoms with Crippen LogP contribution < -0.4 is 15.4 Å². The average Bonchev–Trinajstić information content (AvgIpc) is 2.60. The van der Waals surface area contributed by atoms with Gasteiger partial charge in [0, 0.05) is 11.4 Å². The molecule has 2 aromatic carbocycles. The summed E-state index contributed by atoms with van der Waals surface area (Å²) in [5.41, 5.74) is 3.02.